The number of hydrogen-bond acceptors (Lipinski definition) is 5. The van der Waals surface area contributed by atoms with Crippen molar-refractivity contribution in [2.75, 3.05) is 17.6 Å². The molecule has 0 fully saturated rings. The van der Waals surface area contributed by atoms with Gasteiger partial charge in [-0.3, -0.25) is 0 Å². The maximum atomic E-state index is 5.83. The van der Waals surface area contributed by atoms with Crippen molar-refractivity contribution in [2.45, 2.75) is 6.42 Å². The largest absolute Gasteiger partial charge is 0.389 e. The molecule has 0 aromatic carbocycles. The fraction of sp³-hybridized carbons (Fsp3) is 0.222. The number of halogens is 1. The Hall–Kier alpha value is -0.780. The van der Waals surface area contributed by atoms with E-state index in [0.717, 1.165) is 27.4 Å². The Labute approximate surface area is 101 Å². The molecule has 0 aliphatic heterocycles. The lowest BCUT2D eigenvalue weighted by Crippen LogP contribution is -2.02. The van der Waals surface area contributed by atoms with Crippen LogP contribution in [0.3, 0.4) is 0 Å². The van der Waals surface area contributed by atoms with E-state index in [0.29, 0.717) is 0 Å². The molecule has 2 heterocycles. The first-order chi connectivity index (χ1) is 7.24. The van der Waals surface area contributed by atoms with Gasteiger partial charge in [0.05, 0.1) is 10.5 Å². The van der Waals surface area contributed by atoms with E-state index in [1.54, 1.807) is 17.5 Å². The van der Waals surface area contributed by atoms with Gasteiger partial charge in [0.1, 0.15) is 5.00 Å². The standard InChI is InChI=1S/C9H10ClN3S2/c10-7-2-1-6(14-7)3-4-12-9-13-5-8(11)15-9/h1-2,5H,3-4,11H2,(H,12,13). The van der Waals surface area contributed by atoms with E-state index in [4.69, 9.17) is 17.3 Å². The third kappa shape index (κ3) is 3.09. The molecular weight excluding hydrogens is 250 g/mol. The molecule has 80 valence electrons. The predicted molar refractivity (Wildman–Crippen MR) is 68.0 cm³/mol. The van der Waals surface area contributed by atoms with Crippen LogP contribution in [0.15, 0.2) is 18.3 Å². The molecule has 0 unspecified atom stereocenters. The Morgan fingerprint density at radius 3 is 2.87 bits per heavy atom. The van der Waals surface area contributed by atoms with Crippen molar-refractivity contribution in [1.29, 1.82) is 0 Å². The molecule has 0 atom stereocenters. The van der Waals surface area contributed by atoms with Gasteiger partial charge in [-0.15, -0.1) is 11.3 Å². The number of nitrogen functional groups attached to an aromatic ring is 1. The van der Waals surface area contributed by atoms with Gasteiger partial charge in [0.25, 0.3) is 0 Å². The number of nitrogens with one attached hydrogen (secondary N) is 1. The number of anilines is 2. The average Bonchev–Trinajstić information content (AvgIpc) is 2.76. The van der Waals surface area contributed by atoms with Gasteiger partial charge in [0.15, 0.2) is 5.13 Å². The third-order valence-electron chi connectivity index (χ3n) is 1.80. The Morgan fingerprint density at radius 1 is 1.40 bits per heavy atom. The summed E-state index contributed by atoms with van der Waals surface area (Å²) in [7, 11) is 0. The van der Waals surface area contributed by atoms with Crippen LogP contribution in [0.25, 0.3) is 0 Å². The van der Waals surface area contributed by atoms with Gasteiger partial charge in [0, 0.05) is 11.4 Å². The van der Waals surface area contributed by atoms with Crippen LogP contribution in [-0.4, -0.2) is 11.5 Å². The van der Waals surface area contributed by atoms with Crippen molar-refractivity contribution < 1.29 is 0 Å². The molecule has 0 radical (unpaired) electrons. The predicted octanol–water partition coefficient (Wildman–Crippen LogP) is 3.09. The van der Waals surface area contributed by atoms with Crippen molar-refractivity contribution in [3.63, 3.8) is 0 Å². The Bertz CT molecular complexity index is 398. The monoisotopic (exact) mass is 259 g/mol. The van der Waals surface area contributed by atoms with Gasteiger partial charge in [-0.1, -0.05) is 22.9 Å². The molecule has 0 aliphatic carbocycles. The first-order valence-corrected chi connectivity index (χ1v) is 6.44. The van der Waals surface area contributed by atoms with E-state index in [-0.39, 0.29) is 0 Å². The molecule has 2 aromatic heterocycles. The lowest BCUT2D eigenvalue weighted by Gasteiger charge is -1.99. The van der Waals surface area contributed by atoms with Crippen LogP contribution in [0.1, 0.15) is 4.88 Å². The van der Waals surface area contributed by atoms with Crippen molar-refractivity contribution in [2.24, 2.45) is 0 Å². The lowest BCUT2D eigenvalue weighted by molar-refractivity contribution is 1.04. The summed E-state index contributed by atoms with van der Waals surface area (Å²) in [6.07, 6.45) is 2.62. The van der Waals surface area contributed by atoms with Gasteiger partial charge in [-0.25, -0.2) is 4.98 Å². The quantitative estimate of drug-likeness (QED) is 0.887. The highest BCUT2D eigenvalue weighted by molar-refractivity contribution is 7.19. The highest BCUT2D eigenvalue weighted by Gasteiger charge is 2.00. The maximum Gasteiger partial charge on any atom is 0.184 e. The Morgan fingerprint density at radius 2 is 2.27 bits per heavy atom. The topological polar surface area (TPSA) is 50.9 Å². The second kappa shape index (κ2) is 4.83. The van der Waals surface area contributed by atoms with Crippen molar-refractivity contribution in [3.8, 4) is 0 Å². The molecule has 2 aromatic rings. The number of aromatic nitrogens is 1. The molecular formula is C9H10ClN3S2. The molecule has 6 heteroatoms. The first-order valence-electron chi connectivity index (χ1n) is 4.43. The normalized spacial score (nSPS) is 10.5. The smallest absolute Gasteiger partial charge is 0.184 e. The highest BCUT2D eigenvalue weighted by atomic mass is 35.5. The van der Waals surface area contributed by atoms with Crippen LogP contribution in [0.2, 0.25) is 4.34 Å². The summed E-state index contributed by atoms with van der Waals surface area (Å²) in [5.74, 6) is 0. The Balaban J connectivity index is 1.80. The summed E-state index contributed by atoms with van der Waals surface area (Å²) < 4.78 is 0.837. The van der Waals surface area contributed by atoms with E-state index in [9.17, 15) is 0 Å². The molecule has 15 heavy (non-hydrogen) atoms. The second-order valence-electron chi connectivity index (χ2n) is 2.95. The fourth-order valence-electron chi connectivity index (χ4n) is 1.15. The molecule has 0 saturated heterocycles. The lowest BCUT2D eigenvalue weighted by atomic mass is 10.3. The van der Waals surface area contributed by atoms with E-state index in [1.807, 2.05) is 12.1 Å². The number of thiazole rings is 1. The summed E-state index contributed by atoms with van der Waals surface area (Å²) in [5.41, 5.74) is 5.57. The average molecular weight is 260 g/mol. The first kappa shape index (κ1) is 10.7. The SMILES string of the molecule is Nc1cnc(NCCc2ccc(Cl)s2)s1. The zero-order valence-corrected chi connectivity index (χ0v) is 10.3. The van der Waals surface area contributed by atoms with E-state index in [1.165, 1.54) is 16.2 Å². The van der Waals surface area contributed by atoms with E-state index in [2.05, 4.69) is 10.3 Å². The molecule has 0 spiro atoms. The minimum absolute atomic E-state index is 0.733. The number of nitrogens with zero attached hydrogens (tertiary/aromatic N) is 1. The van der Waals surface area contributed by atoms with Crippen LogP contribution in [-0.2, 0) is 6.42 Å². The molecule has 0 aliphatic rings. The van der Waals surface area contributed by atoms with Gasteiger partial charge in [-0.05, 0) is 18.6 Å². The minimum Gasteiger partial charge on any atom is -0.389 e. The van der Waals surface area contributed by atoms with E-state index >= 15 is 0 Å². The molecule has 3 nitrogen and oxygen atoms in total. The minimum atomic E-state index is 0.733. The van der Waals surface area contributed by atoms with Crippen molar-refractivity contribution >= 4 is 44.4 Å². The zero-order valence-electron chi connectivity index (χ0n) is 7.87. The number of nitrogens with two attached hydrogens (primary N) is 1. The van der Waals surface area contributed by atoms with Crippen LogP contribution in [0, 0.1) is 0 Å². The zero-order chi connectivity index (χ0) is 10.7. The molecule has 0 bridgehead atoms. The van der Waals surface area contributed by atoms with Crippen molar-refractivity contribution in [3.05, 3.63) is 27.5 Å². The molecule has 3 N–H and O–H groups in total. The van der Waals surface area contributed by atoms with Gasteiger partial charge < -0.3 is 11.1 Å². The number of rotatable bonds is 4. The van der Waals surface area contributed by atoms with Crippen LogP contribution >= 0.6 is 34.3 Å². The summed E-state index contributed by atoms with van der Waals surface area (Å²) in [6.45, 7) is 0.851. The van der Waals surface area contributed by atoms with E-state index < -0.39 is 0 Å². The summed E-state index contributed by atoms with van der Waals surface area (Å²) in [4.78, 5) is 5.39. The van der Waals surface area contributed by atoms with Gasteiger partial charge in [-0.2, -0.15) is 0 Å². The van der Waals surface area contributed by atoms with Gasteiger partial charge >= 0.3 is 0 Å². The molecule has 0 saturated carbocycles. The van der Waals surface area contributed by atoms with Gasteiger partial charge in [0.2, 0.25) is 0 Å². The summed E-state index contributed by atoms with van der Waals surface area (Å²) >= 11 is 8.90. The second-order valence-corrected chi connectivity index (χ2v) is 5.81. The summed E-state index contributed by atoms with van der Waals surface area (Å²) in [5, 5.41) is 4.82. The number of thiophene rings is 1. The molecule has 2 rings (SSSR count). The van der Waals surface area contributed by atoms with Crippen LogP contribution in [0.4, 0.5) is 10.1 Å². The summed E-state index contributed by atoms with van der Waals surface area (Å²) in [6, 6.07) is 3.97. The Kier molecular flexibility index (Phi) is 3.45. The van der Waals surface area contributed by atoms with Crippen molar-refractivity contribution in [1.82, 2.24) is 4.98 Å². The van der Waals surface area contributed by atoms with Crippen LogP contribution < -0.4 is 11.1 Å². The number of hydrogen-bond donors (Lipinski definition) is 2. The molecule has 0 amide bonds. The maximum absolute atomic E-state index is 5.83. The third-order valence-corrected chi connectivity index (χ3v) is 3.88. The highest BCUT2D eigenvalue weighted by Crippen LogP contribution is 2.22. The fourth-order valence-corrected chi connectivity index (χ4v) is 2.84. The van der Waals surface area contributed by atoms with Crippen LogP contribution in [0.5, 0.6) is 0 Å².